The van der Waals surface area contributed by atoms with E-state index in [1.54, 1.807) is 0 Å². The molecule has 0 aromatic heterocycles. The van der Waals surface area contributed by atoms with Crippen LogP contribution in [-0.2, 0) is 0 Å². The van der Waals surface area contributed by atoms with Gasteiger partial charge in [0.25, 0.3) is 0 Å². The molecule has 0 aliphatic heterocycles. The molecule has 0 aromatic rings. The molecule has 3 heteroatoms. The van der Waals surface area contributed by atoms with Crippen molar-refractivity contribution >= 4 is 17.3 Å². The zero-order valence-electron chi connectivity index (χ0n) is 8.06. The summed E-state index contributed by atoms with van der Waals surface area (Å²) in [6.07, 6.45) is 0.740. The standard InChI is InChI=1S/C9H15ClN2/c1-5-7(10)8(6-11)12-9(2,3)4/h7H,5H2,1-4H3. The van der Waals surface area contributed by atoms with Crippen LogP contribution in [0.15, 0.2) is 4.99 Å². The Morgan fingerprint density at radius 1 is 1.58 bits per heavy atom. The Labute approximate surface area is 79.2 Å². The van der Waals surface area contributed by atoms with Gasteiger partial charge in [-0.05, 0) is 27.2 Å². The summed E-state index contributed by atoms with van der Waals surface area (Å²) in [7, 11) is 0. The minimum Gasteiger partial charge on any atom is -0.271 e. The van der Waals surface area contributed by atoms with E-state index in [1.807, 2.05) is 33.8 Å². The molecule has 68 valence electrons. The lowest BCUT2D eigenvalue weighted by atomic mass is 10.1. The molecule has 0 aliphatic carbocycles. The van der Waals surface area contributed by atoms with Crippen molar-refractivity contribution in [3.05, 3.63) is 0 Å². The quantitative estimate of drug-likeness (QED) is 0.483. The van der Waals surface area contributed by atoms with Gasteiger partial charge in [0.2, 0.25) is 0 Å². The van der Waals surface area contributed by atoms with E-state index in [1.165, 1.54) is 0 Å². The first-order valence-corrected chi connectivity index (χ1v) is 4.48. The largest absolute Gasteiger partial charge is 0.271 e. The van der Waals surface area contributed by atoms with E-state index in [0.717, 1.165) is 6.42 Å². The van der Waals surface area contributed by atoms with E-state index < -0.39 is 0 Å². The number of halogens is 1. The molecular formula is C9H15ClN2. The first-order valence-electron chi connectivity index (χ1n) is 4.04. The number of nitriles is 1. The third-order valence-electron chi connectivity index (χ3n) is 1.23. The molecule has 0 aromatic carbocycles. The molecule has 0 saturated heterocycles. The molecule has 2 nitrogen and oxygen atoms in total. The maximum Gasteiger partial charge on any atom is 0.130 e. The van der Waals surface area contributed by atoms with Gasteiger partial charge >= 0.3 is 0 Å². The zero-order valence-corrected chi connectivity index (χ0v) is 8.81. The Kier molecular flexibility index (Phi) is 4.26. The summed E-state index contributed by atoms with van der Waals surface area (Å²) >= 11 is 5.88. The lowest BCUT2D eigenvalue weighted by molar-refractivity contribution is 0.582. The molecule has 0 radical (unpaired) electrons. The Bertz CT molecular complexity index is 208. The van der Waals surface area contributed by atoms with E-state index >= 15 is 0 Å². The third kappa shape index (κ3) is 4.35. The molecule has 1 atom stereocenters. The van der Waals surface area contributed by atoms with E-state index in [0.29, 0.717) is 5.71 Å². The fraction of sp³-hybridized carbons (Fsp3) is 0.778. The minimum absolute atomic E-state index is 0.215. The van der Waals surface area contributed by atoms with Gasteiger partial charge in [0.1, 0.15) is 11.8 Å². The van der Waals surface area contributed by atoms with Crippen LogP contribution < -0.4 is 0 Å². The Morgan fingerprint density at radius 3 is 2.33 bits per heavy atom. The Hall–Kier alpha value is -0.550. The van der Waals surface area contributed by atoms with E-state index in [2.05, 4.69) is 4.99 Å². The van der Waals surface area contributed by atoms with Gasteiger partial charge < -0.3 is 0 Å². The summed E-state index contributed by atoms with van der Waals surface area (Å²) in [5, 5.41) is 8.48. The maximum absolute atomic E-state index is 8.73. The van der Waals surface area contributed by atoms with Gasteiger partial charge in [-0.2, -0.15) is 5.26 Å². The molecule has 12 heavy (non-hydrogen) atoms. The van der Waals surface area contributed by atoms with Crippen molar-refractivity contribution < 1.29 is 0 Å². The second-order valence-electron chi connectivity index (χ2n) is 3.66. The summed E-state index contributed by atoms with van der Waals surface area (Å²) in [5.74, 6) is 0. The van der Waals surface area contributed by atoms with Gasteiger partial charge in [0.15, 0.2) is 0 Å². The second kappa shape index (κ2) is 4.47. The average Bonchev–Trinajstić information content (AvgIpc) is 1.97. The van der Waals surface area contributed by atoms with E-state index in [-0.39, 0.29) is 10.9 Å². The molecule has 0 rings (SSSR count). The van der Waals surface area contributed by atoms with Gasteiger partial charge in [0.05, 0.1) is 10.9 Å². The normalized spacial score (nSPS) is 15.5. The highest BCUT2D eigenvalue weighted by molar-refractivity contribution is 6.34. The average molecular weight is 187 g/mol. The first-order chi connectivity index (χ1) is 5.40. The number of rotatable bonds is 2. The summed E-state index contributed by atoms with van der Waals surface area (Å²) in [4.78, 5) is 4.22. The summed E-state index contributed by atoms with van der Waals surface area (Å²) < 4.78 is 0. The van der Waals surface area contributed by atoms with Crippen LogP contribution in [0.2, 0.25) is 0 Å². The van der Waals surface area contributed by atoms with Gasteiger partial charge in [-0.3, -0.25) is 4.99 Å². The van der Waals surface area contributed by atoms with Crippen LogP contribution in [0, 0.1) is 11.3 Å². The molecular weight excluding hydrogens is 172 g/mol. The maximum atomic E-state index is 8.73. The first kappa shape index (κ1) is 11.4. The van der Waals surface area contributed by atoms with E-state index in [9.17, 15) is 0 Å². The Morgan fingerprint density at radius 2 is 2.08 bits per heavy atom. The van der Waals surface area contributed by atoms with Gasteiger partial charge in [-0.1, -0.05) is 6.92 Å². The van der Waals surface area contributed by atoms with Crippen molar-refractivity contribution in [1.82, 2.24) is 0 Å². The summed E-state index contributed by atoms with van der Waals surface area (Å²) in [6.45, 7) is 7.78. The second-order valence-corrected chi connectivity index (χ2v) is 4.18. The topological polar surface area (TPSA) is 36.1 Å². The van der Waals surface area contributed by atoms with Crippen molar-refractivity contribution in [2.24, 2.45) is 4.99 Å². The van der Waals surface area contributed by atoms with Crippen LogP contribution >= 0.6 is 11.6 Å². The molecule has 0 heterocycles. The smallest absolute Gasteiger partial charge is 0.130 e. The third-order valence-corrected chi connectivity index (χ3v) is 1.74. The van der Waals surface area contributed by atoms with Crippen molar-refractivity contribution in [3.63, 3.8) is 0 Å². The summed E-state index contributed by atoms with van der Waals surface area (Å²) in [5.41, 5.74) is 0.222. The molecule has 0 aliphatic rings. The predicted molar refractivity (Wildman–Crippen MR) is 52.7 cm³/mol. The van der Waals surface area contributed by atoms with Crippen LogP contribution in [0.1, 0.15) is 34.1 Å². The van der Waals surface area contributed by atoms with E-state index in [4.69, 9.17) is 16.9 Å². The van der Waals surface area contributed by atoms with Crippen LogP contribution in [0.4, 0.5) is 0 Å². The Balaban J connectivity index is 4.58. The summed E-state index contributed by atoms with van der Waals surface area (Å²) in [6, 6.07) is 2.03. The number of alkyl halides is 1. The van der Waals surface area contributed by atoms with Crippen LogP contribution in [0.3, 0.4) is 0 Å². The monoisotopic (exact) mass is 186 g/mol. The molecule has 1 unspecified atom stereocenters. The van der Waals surface area contributed by atoms with Crippen LogP contribution in [0.25, 0.3) is 0 Å². The highest BCUT2D eigenvalue weighted by atomic mass is 35.5. The predicted octanol–water partition coefficient (Wildman–Crippen LogP) is 2.77. The lowest BCUT2D eigenvalue weighted by Gasteiger charge is -2.14. The minimum atomic E-state index is -0.241. The highest BCUT2D eigenvalue weighted by Crippen LogP contribution is 2.11. The number of hydrogen-bond donors (Lipinski definition) is 0. The molecule has 0 fully saturated rings. The number of hydrogen-bond acceptors (Lipinski definition) is 2. The lowest BCUT2D eigenvalue weighted by Crippen LogP contribution is -2.19. The fourth-order valence-electron chi connectivity index (χ4n) is 0.720. The molecule has 0 N–H and O–H groups in total. The van der Waals surface area contributed by atoms with Gasteiger partial charge in [-0.25, -0.2) is 0 Å². The van der Waals surface area contributed by atoms with Crippen molar-refractivity contribution in [1.29, 1.82) is 5.26 Å². The van der Waals surface area contributed by atoms with Crippen LogP contribution in [-0.4, -0.2) is 16.6 Å². The van der Waals surface area contributed by atoms with Crippen molar-refractivity contribution in [2.75, 3.05) is 0 Å². The van der Waals surface area contributed by atoms with Crippen molar-refractivity contribution in [3.8, 4) is 6.07 Å². The van der Waals surface area contributed by atoms with Gasteiger partial charge in [-0.15, -0.1) is 11.6 Å². The molecule has 0 amide bonds. The number of nitrogens with zero attached hydrogens (tertiary/aromatic N) is 2. The number of aliphatic imine (C=N–C) groups is 1. The highest BCUT2D eigenvalue weighted by Gasteiger charge is 2.14. The van der Waals surface area contributed by atoms with Crippen molar-refractivity contribution in [2.45, 2.75) is 45.0 Å². The van der Waals surface area contributed by atoms with Gasteiger partial charge in [0, 0.05) is 0 Å². The molecule has 0 spiro atoms. The molecule has 0 saturated carbocycles. The SMILES string of the molecule is CCC(Cl)C(C#N)=NC(C)(C)C. The van der Waals surface area contributed by atoms with Crippen LogP contribution in [0.5, 0.6) is 0 Å². The zero-order chi connectivity index (χ0) is 9.78. The molecule has 0 bridgehead atoms. The fourth-order valence-corrected chi connectivity index (χ4v) is 0.817.